The van der Waals surface area contributed by atoms with E-state index >= 15 is 0 Å². The number of aromatic nitrogens is 2. The highest BCUT2D eigenvalue weighted by Gasteiger charge is 2.43. The van der Waals surface area contributed by atoms with E-state index in [2.05, 4.69) is 10.2 Å². The summed E-state index contributed by atoms with van der Waals surface area (Å²) >= 11 is 0. The standard InChI is InChI=1S/C14H21N3O3/c1-9-11(10(2)16-15-9)8-12(18)17-7-5-4-6-14(17,3)13(19)20/h4-8H2,1-3H3,(H,15,16)(H,19,20). The van der Waals surface area contributed by atoms with Crippen LogP contribution in [0.1, 0.15) is 43.1 Å². The lowest BCUT2D eigenvalue weighted by atomic mass is 9.88. The molecular formula is C14H21N3O3. The number of nitrogens with zero attached hydrogens (tertiary/aromatic N) is 2. The highest BCUT2D eigenvalue weighted by Crippen LogP contribution is 2.29. The number of piperidine rings is 1. The molecule has 2 N–H and O–H groups in total. The number of carboxylic acids is 1. The number of carboxylic acid groups (broad SMARTS) is 1. The number of carbonyl (C=O) groups excluding carboxylic acids is 1. The lowest BCUT2D eigenvalue weighted by molar-refractivity contribution is -0.160. The third kappa shape index (κ3) is 2.42. The summed E-state index contributed by atoms with van der Waals surface area (Å²) < 4.78 is 0. The first-order valence-electron chi connectivity index (χ1n) is 6.90. The van der Waals surface area contributed by atoms with Crippen molar-refractivity contribution in [1.29, 1.82) is 0 Å². The van der Waals surface area contributed by atoms with Gasteiger partial charge in [-0.3, -0.25) is 9.89 Å². The maximum Gasteiger partial charge on any atom is 0.329 e. The number of H-pyrrole nitrogens is 1. The minimum atomic E-state index is -1.08. The molecule has 0 aromatic carbocycles. The van der Waals surface area contributed by atoms with Gasteiger partial charge in [0, 0.05) is 17.8 Å². The van der Waals surface area contributed by atoms with Gasteiger partial charge in [-0.2, -0.15) is 5.10 Å². The van der Waals surface area contributed by atoms with Crippen LogP contribution in [0.15, 0.2) is 0 Å². The molecule has 6 nitrogen and oxygen atoms in total. The van der Waals surface area contributed by atoms with Crippen LogP contribution >= 0.6 is 0 Å². The molecule has 1 saturated heterocycles. The topological polar surface area (TPSA) is 86.3 Å². The van der Waals surface area contributed by atoms with Crippen LogP contribution in [0.25, 0.3) is 0 Å². The van der Waals surface area contributed by atoms with Crippen molar-refractivity contribution in [2.45, 2.75) is 52.0 Å². The Bertz CT molecular complexity index is 518. The second kappa shape index (κ2) is 5.26. The smallest absolute Gasteiger partial charge is 0.329 e. The molecule has 1 aliphatic rings. The second-order valence-corrected chi connectivity index (χ2v) is 5.67. The summed E-state index contributed by atoms with van der Waals surface area (Å²) in [5.41, 5.74) is 1.45. The third-order valence-electron chi connectivity index (χ3n) is 4.26. The molecule has 0 bridgehead atoms. The molecule has 20 heavy (non-hydrogen) atoms. The van der Waals surface area contributed by atoms with E-state index in [1.54, 1.807) is 6.92 Å². The molecular weight excluding hydrogens is 258 g/mol. The largest absolute Gasteiger partial charge is 0.480 e. The molecule has 1 aromatic rings. The highest BCUT2D eigenvalue weighted by molar-refractivity contribution is 5.88. The Morgan fingerprint density at radius 2 is 2.10 bits per heavy atom. The number of amides is 1. The fourth-order valence-corrected chi connectivity index (χ4v) is 2.82. The average molecular weight is 279 g/mol. The minimum Gasteiger partial charge on any atom is -0.480 e. The summed E-state index contributed by atoms with van der Waals surface area (Å²) in [4.78, 5) is 25.5. The van der Waals surface area contributed by atoms with Gasteiger partial charge in [-0.15, -0.1) is 0 Å². The Balaban J connectivity index is 2.21. The maximum atomic E-state index is 12.5. The van der Waals surface area contributed by atoms with Crippen molar-refractivity contribution in [3.8, 4) is 0 Å². The fourth-order valence-electron chi connectivity index (χ4n) is 2.82. The molecule has 0 aliphatic carbocycles. The van der Waals surface area contributed by atoms with Crippen molar-refractivity contribution in [3.05, 3.63) is 17.0 Å². The van der Waals surface area contributed by atoms with Gasteiger partial charge in [0.05, 0.1) is 12.1 Å². The molecule has 0 saturated carbocycles. The molecule has 110 valence electrons. The van der Waals surface area contributed by atoms with Crippen LogP contribution in [0.5, 0.6) is 0 Å². The minimum absolute atomic E-state index is 0.137. The van der Waals surface area contributed by atoms with Crippen molar-refractivity contribution in [2.75, 3.05) is 6.54 Å². The van der Waals surface area contributed by atoms with Gasteiger partial charge >= 0.3 is 5.97 Å². The first-order valence-corrected chi connectivity index (χ1v) is 6.90. The Morgan fingerprint density at radius 1 is 1.40 bits per heavy atom. The molecule has 6 heteroatoms. The van der Waals surface area contributed by atoms with Gasteiger partial charge in [0.2, 0.25) is 5.91 Å². The molecule has 2 rings (SSSR count). The molecule has 2 heterocycles. The predicted molar refractivity (Wildman–Crippen MR) is 73.4 cm³/mol. The first kappa shape index (κ1) is 14.6. The summed E-state index contributed by atoms with van der Waals surface area (Å²) in [7, 11) is 0. The van der Waals surface area contributed by atoms with Crippen molar-refractivity contribution in [2.24, 2.45) is 0 Å². The third-order valence-corrected chi connectivity index (χ3v) is 4.26. The summed E-state index contributed by atoms with van der Waals surface area (Å²) in [5.74, 6) is -1.06. The molecule has 1 amide bonds. The number of carbonyl (C=O) groups is 2. The van der Waals surface area contributed by atoms with E-state index in [0.717, 1.165) is 29.8 Å². The van der Waals surface area contributed by atoms with Crippen LogP contribution < -0.4 is 0 Å². The monoisotopic (exact) mass is 279 g/mol. The van der Waals surface area contributed by atoms with E-state index < -0.39 is 11.5 Å². The zero-order valence-electron chi connectivity index (χ0n) is 12.2. The zero-order valence-corrected chi connectivity index (χ0v) is 12.2. The number of hydrogen-bond donors (Lipinski definition) is 2. The molecule has 1 aromatic heterocycles. The molecule has 1 unspecified atom stereocenters. The van der Waals surface area contributed by atoms with Gasteiger partial charge in [0.15, 0.2) is 0 Å². The van der Waals surface area contributed by atoms with Gasteiger partial charge in [-0.05, 0) is 40.0 Å². The molecule has 1 atom stereocenters. The van der Waals surface area contributed by atoms with E-state index in [-0.39, 0.29) is 12.3 Å². The van der Waals surface area contributed by atoms with Gasteiger partial charge in [-0.25, -0.2) is 4.79 Å². The quantitative estimate of drug-likeness (QED) is 0.876. The summed E-state index contributed by atoms with van der Waals surface area (Å²) in [5, 5.41) is 16.4. The van der Waals surface area contributed by atoms with E-state index in [1.165, 1.54) is 4.90 Å². The van der Waals surface area contributed by atoms with Crippen LogP contribution in [-0.4, -0.2) is 44.2 Å². The van der Waals surface area contributed by atoms with Crippen LogP contribution in [0.3, 0.4) is 0 Å². The summed E-state index contributed by atoms with van der Waals surface area (Å²) in [6, 6.07) is 0. The van der Waals surface area contributed by atoms with Gasteiger partial charge in [0.1, 0.15) is 5.54 Å². The van der Waals surface area contributed by atoms with E-state index in [4.69, 9.17) is 0 Å². The van der Waals surface area contributed by atoms with Gasteiger partial charge < -0.3 is 10.0 Å². The van der Waals surface area contributed by atoms with Crippen LogP contribution in [-0.2, 0) is 16.0 Å². The maximum absolute atomic E-state index is 12.5. The van der Waals surface area contributed by atoms with Crippen molar-refractivity contribution in [1.82, 2.24) is 15.1 Å². The Hall–Kier alpha value is -1.85. The van der Waals surface area contributed by atoms with E-state index in [0.29, 0.717) is 13.0 Å². The number of aliphatic carboxylic acids is 1. The molecule has 1 aliphatic heterocycles. The first-order chi connectivity index (χ1) is 9.36. The normalized spacial score (nSPS) is 22.9. The SMILES string of the molecule is Cc1n[nH]c(C)c1CC(=O)N1CCCCC1(C)C(=O)O. The lowest BCUT2D eigenvalue weighted by Gasteiger charge is -2.41. The second-order valence-electron chi connectivity index (χ2n) is 5.67. The van der Waals surface area contributed by atoms with E-state index in [9.17, 15) is 14.7 Å². The Morgan fingerprint density at radius 3 is 2.65 bits per heavy atom. The summed E-state index contributed by atoms with van der Waals surface area (Å²) in [6.45, 7) is 5.87. The van der Waals surface area contributed by atoms with Crippen molar-refractivity contribution >= 4 is 11.9 Å². The zero-order chi connectivity index (χ0) is 14.9. The van der Waals surface area contributed by atoms with Crippen LogP contribution in [0.4, 0.5) is 0 Å². The predicted octanol–water partition coefficient (Wildman–Crippen LogP) is 1.42. The van der Waals surface area contributed by atoms with Gasteiger partial charge in [0.25, 0.3) is 0 Å². The molecule has 0 radical (unpaired) electrons. The highest BCUT2D eigenvalue weighted by atomic mass is 16.4. The number of likely N-dealkylation sites (tertiary alicyclic amines) is 1. The molecule has 1 fully saturated rings. The average Bonchev–Trinajstić information content (AvgIpc) is 2.70. The number of nitrogens with one attached hydrogen (secondary N) is 1. The number of aromatic amines is 1. The van der Waals surface area contributed by atoms with Crippen molar-refractivity contribution in [3.63, 3.8) is 0 Å². The fraction of sp³-hybridized carbons (Fsp3) is 0.643. The molecule has 0 spiro atoms. The van der Waals surface area contributed by atoms with Gasteiger partial charge in [-0.1, -0.05) is 0 Å². The lowest BCUT2D eigenvalue weighted by Crippen LogP contribution is -2.57. The number of hydrogen-bond acceptors (Lipinski definition) is 3. The van der Waals surface area contributed by atoms with E-state index in [1.807, 2.05) is 13.8 Å². The number of rotatable bonds is 3. The van der Waals surface area contributed by atoms with Crippen LogP contribution in [0, 0.1) is 13.8 Å². The number of aryl methyl sites for hydroxylation is 2. The Kier molecular flexibility index (Phi) is 3.83. The Labute approximate surface area is 118 Å². The summed E-state index contributed by atoms with van der Waals surface area (Å²) in [6.07, 6.45) is 2.42. The van der Waals surface area contributed by atoms with Crippen LogP contribution in [0.2, 0.25) is 0 Å². The van der Waals surface area contributed by atoms with Crippen molar-refractivity contribution < 1.29 is 14.7 Å².